The number of aromatic nitrogens is 1. The van der Waals surface area contributed by atoms with Crippen LogP contribution in [0.3, 0.4) is 0 Å². The summed E-state index contributed by atoms with van der Waals surface area (Å²) in [5.41, 5.74) is 3.72. The molecule has 0 aliphatic carbocycles. The normalized spacial score (nSPS) is 10.1. The van der Waals surface area contributed by atoms with Crippen LogP contribution in [0.1, 0.15) is 28.0 Å². The third kappa shape index (κ3) is 2.10. The summed E-state index contributed by atoms with van der Waals surface area (Å²) >= 11 is 2.80. The smallest absolute Gasteiger partial charge is 0.267 e. The highest BCUT2D eigenvalue weighted by Crippen LogP contribution is 2.31. The summed E-state index contributed by atoms with van der Waals surface area (Å²) in [5.74, 6) is -0.888. The molecule has 1 amide bonds. The maximum atomic E-state index is 12.5. The SMILES string of the molecule is N#Cc1ncc(C(N)=O)c(Br)c1C(F)F. The molecule has 1 aromatic heterocycles. The van der Waals surface area contributed by atoms with Crippen LogP contribution >= 0.6 is 15.9 Å². The van der Waals surface area contributed by atoms with E-state index in [4.69, 9.17) is 11.0 Å². The number of hydrogen-bond donors (Lipinski definition) is 1. The van der Waals surface area contributed by atoms with E-state index in [2.05, 4.69) is 20.9 Å². The first kappa shape index (κ1) is 11.5. The van der Waals surface area contributed by atoms with Gasteiger partial charge in [0.2, 0.25) is 0 Å². The zero-order chi connectivity index (χ0) is 11.6. The van der Waals surface area contributed by atoms with Gasteiger partial charge in [0.1, 0.15) is 6.07 Å². The maximum Gasteiger partial charge on any atom is 0.267 e. The zero-order valence-electron chi connectivity index (χ0n) is 7.17. The van der Waals surface area contributed by atoms with Gasteiger partial charge in [0.15, 0.2) is 5.69 Å². The molecule has 15 heavy (non-hydrogen) atoms. The average molecular weight is 276 g/mol. The van der Waals surface area contributed by atoms with Gasteiger partial charge < -0.3 is 5.73 Å². The summed E-state index contributed by atoms with van der Waals surface area (Å²) in [4.78, 5) is 14.2. The van der Waals surface area contributed by atoms with Crippen LogP contribution in [0.4, 0.5) is 8.78 Å². The molecule has 1 rings (SSSR count). The Bertz CT molecular complexity index is 456. The lowest BCUT2D eigenvalue weighted by molar-refractivity contribution is 0.0998. The standard InChI is InChI=1S/C8H4BrF2N3O/c9-6-3(8(13)15)2-14-4(1-12)5(6)7(10)11/h2,7H,(H2,13,15). The van der Waals surface area contributed by atoms with Gasteiger partial charge in [-0.2, -0.15) is 5.26 Å². The maximum absolute atomic E-state index is 12.5. The molecule has 0 atom stereocenters. The molecule has 1 heterocycles. The molecule has 0 saturated carbocycles. The lowest BCUT2D eigenvalue weighted by Crippen LogP contribution is -2.14. The predicted octanol–water partition coefficient (Wildman–Crippen LogP) is 1.75. The van der Waals surface area contributed by atoms with E-state index in [1.54, 1.807) is 0 Å². The fourth-order valence-corrected chi connectivity index (χ4v) is 1.62. The largest absolute Gasteiger partial charge is 0.366 e. The van der Waals surface area contributed by atoms with E-state index in [0.29, 0.717) is 0 Å². The van der Waals surface area contributed by atoms with E-state index in [1.165, 1.54) is 6.07 Å². The van der Waals surface area contributed by atoms with Crippen molar-refractivity contribution in [3.05, 3.63) is 27.5 Å². The summed E-state index contributed by atoms with van der Waals surface area (Å²) in [7, 11) is 0. The van der Waals surface area contributed by atoms with Gasteiger partial charge >= 0.3 is 0 Å². The topological polar surface area (TPSA) is 79.8 Å². The molecule has 0 fully saturated rings. The molecule has 1 aromatic rings. The molecule has 2 N–H and O–H groups in total. The molecule has 0 bridgehead atoms. The van der Waals surface area contributed by atoms with E-state index >= 15 is 0 Å². The molecule has 0 aliphatic rings. The summed E-state index contributed by atoms with van der Waals surface area (Å²) in [6.45, 7) is 0. The first-order valence-corrected chi connectivity index (χ1v) is 4.44. The first-order chi connectivity index (χ1) is 6.99. The summed E-state index contributed by atoms with van der Waals surface area (Å²) in [6.07, 6.45) is -1.92. The number of rotatable bonds is 2. The van der Waals surface area contributed by atoms with Gasteiger partial charge in [-0.05, 0) is 15.9 Å². The van der Waals surface area contributed by atoms with Crippen molar-refractivity contribution in [2.24, 2.45) is 5.73 Å². The molecule has 0 aliphatic heterocycles. The van der Waals surface area contributed by atoms with E-state index in [-0.39, 0.29) is 10.0 Å². The average Bonchev–Trinajstić information content (AvgIpc) is 2.15. The van der Waals surface area contributed by atoms with Gasteiger partial charge in [-0.1, -0.05) is 0 Å². The highest BCUT2D eigenvalue weighted by Gasteiger charge is 2.22. The van der Waals surface area contributed by atoms with Crippen LogP contribution < -0.4 is 5.73 Å². The van der Waals surface area contributed by atoms with Crippen molar-refractivity contribution in [3.63, 3.8) is 0 Å². The number of amides is 1. The number of nitrogens with zero attached hydrogens (tertiary/aromatic N) is 2. The second-order valence-corrected chi connectivity index (χ2v) is 3.32. The molecule has 78 valence electrons. The van der Waals surface area contributed by atoms with E-state index in [0.717, 1.165) is 6.20 Å². The van der Waals surface area contributed by atoms with Crippen LogP contribution in [0.2, 0.25) is 0 Å². The van der Waals surface area contributed by atoms with Crippen molar-refractivity contribution in [1.82, 2.24) is 4.98 Å². The number of carbonyl (C=O) groups excluding carboxylic acids is 1. The number of carbonyl (C=O) groups is 1. The summed E-state index contributed by atoms with van der Waals surface area (Å²) in [5, 5.41) is 8.54. The fourth-order valence-electron chi connectivity index (χ4n) is 0.964. The molecule has 0 aromatic carbocycles. The van der Waals surface area contributed by atoms with Crippen LogP contribution in [0.15, 0.2) is 10.7 Å². The number of pyridine rings is 1. The highest BCUT2D eigenvalue weighted by molar-refractivity contribution is 9.10. The van der Waals surface area contributed by atoms with Crippen LogP contribution in [0.25, 0.3) is 0 Å². The Balaban J connectivity index is 3.51. The van der Waals surface area contributed by atoms with Crippen molar-refractivity contribution < 1.29 is 13.6 Å². The predicted molar refractivity (Wildman–Crippen MR) is 50.1 cm³/mol. The third-order valence-corrected chi connectivity index (χ3v) is 2.49. The molecular weight excluding hydrogens is 272 g/mol. The third-order valence-electron chi connectivity index (χ3n) is 1.64. The molecule has 0 unspecified atom stereocenters. The molecular formula is C8H4BrF2N3O. The van der Waals surface area contributed by atoms with Crippen molar-refractivity contribution in [2.45, 2.75) is 6.43 Å². The van der Waals surface area contributed by atoms with E-state index in [1.807, 2.05) is 0 Å². The van der Waals surface area contributed by atoms with E-state index in [9.17, 15) is 13.6 Å². The first-order valence-electron chi connectivity index (χ1n) is 3.65. The van der Waals surface area contributed by atoms with Gasteiger partial charge in [0.25, 0.3) is 12.3 Å². The molecule has 0 saturated heterocycles. The lowest BCUT2D eigenvalue weighted by Gasteiger charge is -2.07. The molecule has 0 spiro atoms. The molecule has 0 radical (unpaired) electrons. The monoisotopic (exact) mass is 275 g/mol. The van der Waals surface area contributed by atoms with Gasteiger partial charge in [0, 0.05) is 10.7 Å². The zero-order valence-corrected chi connectivity index (χ0v) is 8.75. The Kier molecular flexibility index (Phi) is 3.31. The van der Waals surface area contributed by atoms with Crippen LogP contribution in [0.5, 0.6) is 0 Å². The Morgan fingerprint density at radius 1 is 1.67 bits per heavy atom. The van der Waals surface area contributed by atoms with Gasteiger partial charge in [-0.3, -0.25) is 4.79 Å². The minimum atomic E-state index is -2.90. The number of nitrogens with two attached hydrogens (primary N) is 1. The fraction of sp³-hybridized carbons (Fsp3) is 0.125. The Morgan fingerprint density at radius 2 is 2.27 bits per heavy atom. The Hall–Kier alpha value is -1.55. The minimum absolute atomic E-state index is 0.177. The van der Waals surface area contributed by atoms with Gasteiger partial charge in [0.05, 0.1) is 11.1 Å². The lowest BCUT2D eigenvalue weighted by atomic mass is 10.1. The summed E-state index contributed by atoms with van der Waals surface area (Å²) < 4.78 is 24.9. The van der Waals surface area contributed by atoms with Crippen molar-refractivity contribution in [1.29, 1.82) is 5.26 Å². The highest BCUT2D eigenvalue weighted by atomic mass is 79.9. The number of halogens is 3. The quantitative estimate of drug-likeness (QED) is 0.893. The van der Waals surface area contributed by atoms with Gasteiger partial charge in [-0.25, -0.2) is 13.8 Å². The van der Waals surface area contributed by atoms with E-state index < -0.39 is 23.6 Å². The molecule has 4 nitrogen and oxygen atoms in total. The Labute approximate surface area is 91.8 Å². The second-order valence-electron chi connectivity index (χ2n) is 2.52. The number of primary amides is 1. The van der Waals surface area contributed by atoms with Crippen molar-refractivity contribution in [2.75, 3.05) is 0 Å². The number of hydrogen-bond acceptors (Lipinski definition) is 3. The Morgan fingerprint density at radius 3 is 2.67 bits per heavy atom. The van der Waals surface area contributed by atoms with Gasteiger partial charge in [-0.15, -0.1) is 0 Å². The second kappa shape index (κ2) is 4.31. The molecule has 7 heteroatoms. The number of nitriles is 1. The minimum Gasteiger partial charge on any atom is -0.366 e. The van der Waals surface area contributed by atoms with Crippen molar-refractivity contribution in [3.8, 4) is 6.07 Å². The summed E-state index contributed by atoms with van der Waals surface area (Å²) in [6, 6.07) is 1.51. The van der Waals surface area contributed by atoms with Crippen LogP contribution in [-0.4, -0.2) is 10.9 Å². The van der Waals surface area contributed by atoms with Crippen molar-refractivity contribution >= 4 is 21.8 Å². The van der Waals surface area contributed by atoms with Crippen LogP contribution in [0, 0.1) is 11.3 Å². The number of alkyl halides is 2. The van der Waals surface area contributed by atoms with Crippen LogP contribution in [-0.2, 0) is 0 Å².